The van der Waals surface area contributed by atoms with Crippen molar-refractivity contribution in [3.63, 3.8) is 0 Å². The summed E-state index contributed by atoms with van der Waals surface area (Å²) in [4.78, 5) is 27.4. The molecule has 0 amide bonds. The van der Waals surface area contributed by atoms with Crippen molar-refractivity contribution >= 4 is 17.8 Å². The van der Waals surface area contributed by atoms with Crippen LogP contribution in [0.4, 0.5) is 11.5 Å². The third-order valence-electron chi connectivity index (χ3n) is 3.13. The fourth-order valence-electron chi connectivity index (χ4n) is 2.24. The Labute approximate surface area is 105 Å². The van der Waals surface area contributed by atoms with Crippen molar-refractivity contribution in [2.24, 2.45) is 5.92 Å². The number of piperidine rings is 1. The first-order valence-electron chi connectivity index (χ1n) is 5.93. The lowest BCUT2D eigenvalue weighted by molar-refractivity contribution is -0.384. The number of hydrogen-bond acceptors (Lipinski definition) is 5. The largest absolute Gasteiger partial charge is 0.350 e. The molecule has 96 valence electrons. The van der Waals surface area contributed by atoms with Gasteiger partial charge in [0.05, 0.1) is 4.92 Å². The summed E-state index contributed by atoms with van der Waals surface area (Å²) in [6, 6.07) is 1.52. The molecule has 0 spiro atoms. The lowest BCUT2D eigenvalue weighted by Crippen LogP contribution is -2.36. The molecule has 0 aromatic carbocycles. The second kappa shape index (κ2) is 5.12. The van der Waals surface area contributed by atoms with Crippen molar-refractivity contribution in [1.82, 2.24) is 4.98 Å². The minimum Gasteiger partial charge on any atom is -0.350 e. The van der Waals surface area contributed by atoms with Crippen LogP contribution in [-0.2, 0) is 4.79 Å². The van der Waals surface area contributed by atoms with Gasteiger partial charge in [-0.15, -0.1) is 0 Å². The van der Waals surface area contributed by atoms with Crippen molar-refractivity contribution in [2.45, 2.75) is 19.8 Å². The summed E-state index contributed by atoms with van der Waals surface area (Å²) in [7, 11) is 0. The number of nitro groups is 1. The summed E-state index contributed by atoms with van der Waals surface area (Å²) in [5.74, 6) is 0.318. The molecule has 1 unspecified atom stereocenters. The van der Waals surface area contributed by atoms with Gasteiger partial charge in [-0.3, -0.25) is 10.1 Å². The van der Waals surface area contributed by atoms with Crippen LogP contribution in [0.15, 0.2) is 12.3 Å². The Morgan fingerprint density at radius 1 is 1.61 bits per heavy atom. The highest BCUT2D eigenvalue weighted by Crippen LogP contribution is 2.29. The number of rotatable bonds is 3. The molecular formula is C12H15N3O3. The van der Waals surface area contributed by atoms with E-state index in [-0.39, 0.29) is 11.6 Å². The van der Waals surface area contributed by atoms with E-state index < -0.39 is 4.92 Å². The highest BCUT2D eigenvalue weighted by atomic mass is 16.6. The van der Waals surface area contributed by atoms with Crippen LogP contribution in [-0.4, -0.2) is 29.3 Å². The maximum Gasteiger partial charge on any atom is 0.311 e. The predicted octanol–water partition coefficient (Wildman–Crippen LogP) is 1.71. The molecule has 0 saturated carbocycles. The molecule has 1 aromatic rings. The zero-order chi connectivity index (χ0) is 13.1. The number of hydrogen-bond donors (Lipinski definition) is 0. The SMILES string of the molecule is Cc1cnc(N2CCCC(C=O)C2)c([N+](=O)[O-])c1. The summed E-state index contributed by atoms with van der Waals surface area (Å²) >= 11 is 0. The monoisotopic (exact) mass is 249 g/mol. The zero-order valence-corrected chi connectivity index (χ0v) is 10.2. The molecule has 1 aromatic heterocycles. The van der Waals surface area contributed by atoms with E-state index in [2.05, 4.69) is 4.98 Å². The summed E-state index contributed by atoms with van der Waals surface area (Å²) in [6.45, 7) is 3.00. The topological polar surface area (TPSA) is 76.3 Å². The van der Waals surface area contributed by atoms with Gasteiger partial charge in [0.15, 0.2) is 0 Å². The molecule has 1 atom stereocenters. The van der Waals surface area contributed by atoms with E-state index in [1.807, 2.05) is 4.90 Å². The van der Waals surface area contributed by atoms with Crippen LogP contribution in [0, 0.1) is 23.0 Å². The fraction of sp³-hybridized carbons (Fsp3) is 0.500. The van der Waals surface area contributed by atoms with E-state index in [1.54, 1.807) is 13.1 Å². The second-order valence-electron chi connectivity index (χ2n) is 4.60. The summed E-state index contributed by atoms with van der Waals surface area (Å²) < 4.78 is 0. The molecule has 0 aliphatic carbocycles. The van der Waals surface area contributed by atoms with Crippen LogP contribution in [0.5, 0.6) is 0 Å². The lowest BCUT2D eigenvalue weighted by Gasteiger charge is -2.30. The van der Waals surface area contributed by atoms with Gasteiger partial charge in [0, 0.05) is 31.3 Å². The molecule has 1 fully saturated rings. The van der Waals surface area contributed by atoms with Crippen molar-refractivity contribution < 1.29 is 9.72 Å². The van der Waals surface area contributed by atoms with E-state index in [4.69, 9.17) is 0 Å². The first-order chi connectivity index (χ1) is 8.61. The van der Waals surface area contributed by atoms with Gasteiger partial charge in [0.2, 0.25) is 5.82 Å². The van der Waals surface area contributed by atoms with Crippen LogP contribution in [0.1, 0.15) is 18.4 Å². The fourth-order valence-corrected chi connectivity index (χ4v) is 2.24. The molecule has 18 heavy (non-hydrogen) atoms. The van der Waals surface area contributed by atoms with Crippen LogP contribution in [0.2, 0.25) is 0 Å². The van der Waals surface area contributed by atoms with E-state index in [0.29, 0.717) is 18.9 Å². The number of pyridine rings is 1. The highest BCUT2D eigenvalue weighted by Gasteiger charge is 2.26. The van der Waals surface area contributed by atoms with Gasteiger partial charge in [-0.2, -0.15) is 0 Å². The normalized spacial score (nSPS) is 19.6. The molecule has 2 heterocycles. The van der Waals surface area contributed by atoms with E-state index in [9.17, 15) is 14.9 Å². The minimum atomic E-state index is -0.417. The Kier molecular flexibility index (Phi) is 3.55. The van der Waals surface area contributed by atoms with Gasteiger partial charge >= 0.3 is 5.69 Å². The molecule has 0 N–H and O–H groups in total. The smallest absolute Gasteiger partial charge is 0.311 e. The number of anilines is 1. The number of carbonyl (C=O) groups excluding carboxylic acids is 1. The predicted molar refractivity (Wildman–Crippen MR) is 66.6 cm³/mol. The molecular weight excluding hydrogens is 234 g/mol. The standard InChI is InChI=1S/C12H15N3O3/c1-9-5-11(15(17)18)12(13-6-9)14-4-2-3-10(7-14)8-16/h5-6,8,10H,2-4,7H2,1H3. The van der Waals surface area contributed by atoms with Crippen LogP contribution >= 0.6 is 0 Å². The van der Waals surface area contributed by atoms with Crippen LogP contribution in [0.3, 0.4) is 0 Å². The minimum absolute atomic E-state index is 0.0153. The third-order valence-corrected chi connectivity index (χ3v) is 3.13. The number of aldehydes is 1. The molecule has 1 aliphatic rings. The Hall–Kier alpha value is -1.98. The zero-order valence-electron chi connectivity index (χ0n) is 10.2. The van der Waals surface area contributed by atoms with E-state index in [1.165, 1.54) is 6.07 Å². The van der Waals surface area contributed by atoms with Gasteiger partial charge < -0.3 is 9.69 Å². The molecule has 6 heteroatoms. The highest BCUT2D eigenvalue weighted by molar-refractivity contribution is 5.61. The molecule has 6 nitrogen and oxygen atoms in total. The maximum absolute atomic E-state index is 11.0. The number of aromatic nitrogens is 1. The Morgan fingerprint density at radius 2 is 2.39 bits per heavy atom. The van der Waals surface area contributed by atoms with Gasteiger partial charge in [-0.25, -0.2) is 4.98 Å². The van der Waals surface area contributed by atoms with Crippen LogP contribution < -0.4 is 4.90 Å². The van der Waals surface area contributed by atoms with Crippen molar-refractivity contribution in [2.75, 3.05) is 18.0 Å². The Bertz CT molecular complexity index is 476. The van der Waals surface area contributed by atoms with E-state index >= 15 is 0 Å². The molecule has 0 bridgehead atoms. The van der Waals surface area contributed by atoms with E-state index in [0.717, 1.165) is 24.7 Å². The number of carbonyl (C=O) groups is 1. The molecule has 0 radical (unpaired) electrons. The molecule has 2 rings (SSSR count). The Morgan fingerprint density at radius 3 is 3.06 bits per heavy atom. The van der Waals surface area contributed by atoms with Crippen molar-refractivity contribution in [3.05, 3.63) is 27.9 Å². The molecule has 1 aliphatic heterocycles. The number of nitrogens with zero attached hydrogens (tertiary/aromatic N) is 3. The average Bonchev–Trinajstić information content (AvgIpc) is 2.38. The third kappa shape index (κ3) is 2.47. The second-order valence-corrected chi connectivity index (χ2v) is 4.60. The summed E-state index contributed by atoms with van der Waals surface area (Å²) in [6.07, 6.45) is 4.24. The van der Waals surface area contributed by atoms with Gasteiger partial charge in [-0.05, 0) is 25.3 Å². The first kappa shape index (κ1) is 12.5. The lowest BCUT2D eigenvalue weighted by atomic mass is 9.99. The van der Waals surface area contributed by atoms with Crippen molar-refractivity contribution in [3.8, 4) is 0 Å². The van der Waals surface area contributed by atoms with Crippen molar-refractivity contribution in [1.29, 1.82) is 0 Å². The van der Waals surface area contributed by atoms with Gasteiger partial charge in [0.1, 0.15) is 6.29 Å². The summed E-state index contributed by atoms with van der Waals surface area (Å²) in [5, 5.41) is 11.0. The Balaban J connectivity index is 2.32. The quantitative estimate of drug-likeness (QED) is 0.463. The van der Waals surface area contributed by atoms with Gasteiger partial charge in [-0.1, -0.05) is 0 Å². The average molecular weight is 249 g/mol. The maximum atomic E-state index is 11.0. The summed E-state index contributed by atoms with van der Waals surface area (Å²) in [5.41, 5.74) is 0.774. The molecule has 1 saturated heterocycles. The first-order valence-corrected chi connectivity index (χ1v) is 5.93. The number of aryl methyl sites for hydroxylation is 1. The van der Waals surface area contributed by atoms with Crippen LogP contribution in [0.25, 0.3) is 0 Å². The van der Waals surface area contributed by atoms with Gasteiger partial charge in [0.25, 0.3) is 0 Å².